The molecule has 0 aromatic heterocycles. The van der Waals surface area contributed by atoms with Crippen molar-refractivity contribution in [3.05, 3.63) is 77.4 Å². The lowest BCUT2D eigenvalue weighted by molar-refractivity contribution is -0.270. The van der Waals surface area contributed by atoms with Gasteiger partial charge in [-0.3, -0.25) is 4.79 Å². The molecule has 5 fully saturated rings. The van der Waals surface area contributed by atoms with Crippen molar-refractivity contribution in [3.63, 3.8) is 0 Å². The molecule has 3 saturated carbocycles. The van der Waals surface area contributed by atoms with Crippen molar-refractivity contribution >= 4 is 16.0 Å². The van der Waals surface area contributed by atoms with Crippen LogP contribution in [0.2, 0.25) is 0 Å². The Hall–Kier alpha value is -2.60. The molecule has 9 nitrogen and oxygen atoms in total. The Kier molecular flexibility index (Phi) is 12.1. The molecule has 2 bridgehead atoms. The fourth-order valence-electron chi connectivity index (χ4n) is 14.2. The predicted octanol–water partition coefficient (Wildman–Crippen LogP) is 9.47. The molecule has 2 heterocycles. The number of benzene rings is 2. The molecule has 2 aromatic rings. The lowest BCUT2D eigenvalue weighted by Gasteiger charge is -2.71. The summed E-state index contributed by atoms with van der Waals surface area (Å²) >= 11 is 0. The molecule has 2 aromatic carbocycles. The fraction of sp³-hybridized carbons (Fsp3) is 0.706. The number of sulfonamides is 1. The number of methoxy groups -OCH3 is 1. The third kappa shape index (κ3) is 7.39. The molecular weight excluding hydrogens is 787 g/mol. The molecule has 0 spiro atoms. The minimum absolute atomic E-state index is 0.0508. The summed E-state index contributed by atoms with van der Waals surface area (Å²) < 4.78 is 63.3. The van der Waals surface area contributed by atoms with Crippen molar-refractivity contribution in [1.29, 1.82) is 0 Å². The van der Waals surface area contributed by atoms with Gasteiger partial charge < -0.3 is 23.7 Å². The van der Waals surface area contributed by atoms with Crippen molar-refractivity contribution in [1.82, 2.24) is 4.72 Å². The maximum absolute atomic E-state index is 14.9. The third-order valence-electron chi connectivity index (χ3n) is 18.3. The highest BCUT2D eigenvalue weighted by molar-refractivity contribution is 7.89. The molecule has 2 saturated heterocycles. The number of ether oxygens (including phenoxy) is 5. The average Bonchev–Trinajstić information content (AvgIpc) is 3.23. The zero-order valence-electron chi connectivity index (χ0n) is 38.4. The first kappa shape index (κ1) is 45.0. The van der Waals surface area contributed by atoms with Crippen LogP contribution < -0.4 is 4.72 Å². The second-order valence-corrected chi connectivity index (χ2v) is 23.3. The molecule has 0 radical (unpaired) electrons. The summed E-state index contributed by atoms with van der Waals surface area (Å²) in [6, 6.07) is 17.1. The van der Waals surface area contributed by atoms with Gasteiger partial charge in [-0.1, -0.05) is 108 Å². The maximum atomic E-state index is 14.9. The Morgan fingerprint density at radius 1 is 0.885 bits per heavy atom. The van der Waals surface area contributed by atoms with Crippen LogP contribution in [0.5, 0.6) is 0 Å². The van der Waals surface area contributed by atoms with Gasteiger partial charge >= 0.3 is 5.97 Å². The number of nitrogens with one attached hydrogen (secondary N) is 1. The Morgan fingerprint density at radius 3 is 2.26 bits per heavy atom. The van der Waals surface area contributed by atoms with E-state index in [0.717, 1.165) is 49.7 Å². The van der Waals surface area contributed by atoms with Crippen LogP contribution in [0.15, 0.2) is 71.1 Å². The molecule has 1 unspecified atom stereocenters. The number of hydrogen-bond donors (Lipinski definition) is 1. The van der Waals surface area contributed by atoms with Crippen LogP contribution in [0.4, 0.5) is 0 Å². The first-order valence-corrected chi connectivity index (χ1v) is 24.7. The average molecular weight is 860 g/mol. The monoisotopic (exact) mass is 860 g/mol. The molecule has 8 rings (SSSR count). The predicted molar refractivity (Wildman–Crippen MR) is 237 cm³/mol. The molecule has 1 N–H and O–H groups in total. The van der Waals surface area contributed by atoms with E-state index in [0.29, 0.717) is 62.9 Å². The summed E-state index contributed by atoms with van der Waals surface area (Å²) in [7, 11) is -2.01. The van der Waals surface area contributed by atoms with E-state index in [1.165, 1.54) is 5.57 Å². The second kappa shape index (κ2) is 16.4. The summed E-state index contributed by atoms with van der Waals surface area (Å²) in [4.78, 5) is 15.1. The van der Waals surface area contributed by atoms with Gasteiger partial charge in [0.25, 0.3) is 0 Å². The molecule has 336 valence electrons. The SMILES string of the molecule is CO[C@@H]1C[C@@]23COCC(C)([C@H]1OCC1(NS(=O)(=O)c4ccc(C)cc4)CCOCC1)[C@@H]2CC[C@H]1C3=CC[C@@]2(C)[C@H](C(=O)OCc3ccccc3)[C@@](C)([C@H](C)C(C)C)CC[C@]12C. The number of rotatable bonds is 12. The normalized spacial score (nSPS) is 38.7. The van der Waals surface area contributed by atoms with Gasteiger partial charge in [0.15, 0.2) is 0 Å². The summed E-state index contributed by atoms with van der Waals surface area (Å²) in [6.45, 7) is 21.2. The van der Waals surface area contributed by atoms with Crippen LogP contribution >= 0.6 is 0 Å². The Balaban J connectivity index is 1.10. The second-order valence-electron chi connectivity index (χ2n) is 21.6. The number of aryl methyl sites for hydroxylation is 1. The molecule has 10 heteroatoms. The third-order valence-corrected chi connectivity index (χ3v) is 19.9. The van der Waals surface area contributed by atoms with Crippen molar-refractivity contribution in [2.24, 2.45) is 56.7 Å². The van der Waals surface area contributed by atoms with Gasteiger partial charge in [-0.25, -0.2) is 13.1 Å². The van der Waals surface area contributed by atoms with Crippen LogP contribution in [0.3, 0.4) is 0 Å². The molecule has 4 aliphatic carbocycles. The van der Waals surface area contributed by atoms with Crippen molar-refractivity contribution < 1.29 is 36.9 Å². The molecule has 61 heavy (non-hydrogen) atoms. The van der Waals surface area contributed by atoms with E-state index in [4.69, 9.17) is 23.7 Å². The van der Waals surface area contributed by atoms with Gasteiger partial charge in [0.1, 0.15) is 6.61 Å². The molecule has 11 atom stereocenters. The Morgan fingerprint density at radius 2 is 1.59 bits per heavy atom. The quantitative estimate of drug-likeness (QED) is 0.166. The summed E-state index contributed by atoms with van der Waals surface area (Å²) in [5.41, 5.74) is 1.48. The van der Waals surface area contributed by atoms with E-state index < -0.39 is 15.6 Å². The summed E-state index contributed by atoms with van der Waals surface area (Å²) in [5.74, 6) is 1.07. The van der Waals surface area contributed by atoms with Crippen molar-refractivity contribution in [2.45, 2.75) is 136 Å². The fourth-order valence-corrected chi connectivity index (χ4v) is 15.7. The van der Waals surface area contributed by atoms with Crippen LogP contribution in [0, 0.1) is 63.6 Å². The van der Waals surface area contributed by atoms with Crippen molar-refractivity contribution in [2.75, 3.05) is 40.1 Å². The molecule has 2 aliphatic heterocycles. The standard InChI is InChI=1S/C51H73NO8S/c1-34(2)36(4)46(5)23-24-48(7)39-19-20-42-47(6)31-58-33-51(42,40(39)21-22-49(48,8)43(46)45(53)59-30-37-13-11-10-12-14-37)29-41(56-9)44(47)60-32-50(25-27-57-28-26-50)52-61(54,55)38-17-15-35(3)16-18-38/h10-18,21,34,36,39,41-44,52H,19-20,22-33H2,1-9H3/t36-,39+,41-,42+,43-,44+,46-,47?,48-,49+,51+/m1/s1. The van der Waals surface area contributed by atoms with E-state index in [9.17, 15) is 13.2 Å². The minimum atomic E-state index is -3.81. The summed E-state index contributed by atoms with van der Waals surface area (Å²) in [5, 5.41) is 0. The zero-order chi connectivity index (χ0) is 43.6. The van der Waals surface area contributed by atoms with E-state index in [1.807, 2.05) is 49.4 Å². The zero-order valence-corrected chi connectivity index (χ0v) is 39.2. The first-order chi connectivity index (χ1) is 28.9. The highest BCUT2D eigenvalue weighted by atomic mass is 32.2. The largest absolute Gasteiger partial charge is 0.461 e. The van der Waals surface area contributed by atoms with Crippen LogP contribution in [0.1, 0.15) is 111 Å². The first-order valence-electron chi connectivity index (χ1n) is 23.2. The molecule has 0 amide bonds. The van der Waals surface area contributed by atoms with Crippen LogP contribution in [-0.4, -0.2) is 72.3 Å². The van der Waals surface area contributed by atoms with E-state index >= 15 is 0 Å². The Bertz CT molecular complexity index is 2050. The minimum Gasteiger partial charge on any atom is -0.461 e. The van der Waals surface area contributed by atoms with Gasteiger partial charge in [-0.15, -0.1) is 0 Å². The van der Waals surface area contributed by atoms with E-state index in [2.05, 4.69) is 59.3 Å². The smallest absolute Gasteiger partial charge is 0.310 e. The lowest BCUT2D eigenvalue weighted by atomic mass is 9.34. The van der Waals surface area contributed by atoms with Crippen molar-refractivity contribution in [3.8, 4) is 0 Å². The Labute approximate surface area is 366 Å². The lowest BCUT2D eigenvalue weighted by Crippen LogP contribution is -2.70. The number of allylic oxidation sites excluding steroid dienone is 1. The van der Waals surface area contributed by atoms with Gasteiger partial charge in [0.2, 0.25) is 10.0 Å². The van der Waals surface area contributed by atoms with Gasteiger partial charge in [0, 0.05) is 31.2 Å². The number of carbonyl (C=O) groups is 1. The highest BCUT2D eigenvalue weighted by Gasteiger charge is 2.72. The molecule has 6 aliphatic rings. The number of carbonyl (C=O) groups excluding carboxylic acids is 1. The maximum Gasteiger partial charge on any atom is 0.310 e. The molecular formula is C51H73NO8S. The summed E-state index contributed by atoms with van der Waals surface area (Å²) in [6.07, 6.45) is 8.80. The van der Waals surface area contributed by atoms with Crippen LogP contribution in [-0.2, 0) is 45.1 Å². The van der Waals surface area contributed by atoms with Gasteiger partial charge in [-0.05, 0) is 116 Å². The number of fused-ring (bicyclic) bond motifs is 3. The highest BCUT2D eigenvalue weighted by Crippen LogP contribution is 2.75. The van der Waals surface area contributed by atoms with E-state index in [1.54, 1.807) is 19.2 Å². The van der Waals surface area contributed by atoms with Gasteiger partial charge in [0.05, 0.1) is 48.4 Å². The topological polar surface area (TPSA) is 109 Å². The number of hydrogen-bond acceptors (Lipinski definition) is 8. The van der Waals surface area contributed by atoms with Crippen LogP contribution in [0.25, 0.3) is 0 Å². The van der Waals surface area contributed by atoms with E-state index in [-0.39, 0.29) is 69.3 Å². The number of esters is 1. The van der Waals surface area contributed by atoms with Gasteiger partial charge in [-0.2, -0.15) is 0 Å².